The lowest BCUT2D eigenvalue weighted by Crippen LogP contribution is -2.25. The van der Waals surface area contributed by atoms with E-state index in [1.165, 1.54) is 6.92 Å². The van der Waals surface area contributed by atoms with Crippen LogP contribution in [-0.2, 0) is 0 Å². The number of nitrogens with zero attached hydrogens (tertiary/aromatic N) is 3. The number of H-pyrrole nitrogens is 1. The van der Waals surface area contributed by atoms with Gasteiger partial charge in [-0.15, -0.1) is 0 Å². The van der Waals surface area contributed by atoms with Crippen LogP contribution in [0, 0.1) is 0 Å². The molecule has 0 bridgehead atoms. The summed E-state index contributed by atoms with van der Waals surface area (Å²) in [5, 5.41) is 16.0. The first-order chi connectivity index (χ1) is 10.8. The number of aromatic hydroxyl groups is 1. The number of aromatic nitrogens is 3. The van der Waals surface area contributed by atoms with E-state index in [-0.39, 0.29) is 21.7 Å². The van der Waals surface area contributed by atoms with Crippen LogP contribution in [-0.4, -0.2) is 31.5 Å². The molecule has 2 aromatic rings. The lowest BCUT2D eigenvalue weighted by Gasteiger charge is -2.02. The van der Waals surface area contributed by atoms with Crippen LogP contribution >= 0.6 is 11.3 Å². The predicted octanol–water partition coefficient (Wildman–Crippen LogP) is 0.248. The van der Waals surface area contributed by atoms with Gasteiger partial charge in [-0.1, -0.05) is 0 Å². The fourth-order valence-corrected chi connectivity index (χ4v) is 2.21. The molecule has 2 heterocycles. The van der Waals surface area contributed by atoms with E-state index >= 15 is 0 Å². The first kappa shape index (κ1) is 16.5. The molecule has 122 valence electrons. The maximum atomic E-state index is 12.4. The van der Waals surface area contributed by atoms with Crippen LogP contribution < -0.4 is 15.9 Å². The molecule has 0 atom stereocenters. The third kappa shape index (κ3) is 3.66. The zero-order valence-electron chi connectivity index (χ0n) is 11.4. The van der Waals surface area contributed by atoms with Crippen LogP contribution in [0.25, 0.3) is 0 Å². The van der Waals surface area contributed by atoms with Crippen LogP contribution in [0.15, 0.2) is 27.0 Å². The molecule has 0 aromatic carbocycles. The molecule has 2 rings (SSSR count). The standard InChI is InChI=1S/C11H9F2N5O4S/c1-4(6-8(20)14-11(22)23-9(6)21)15-16-7(19)5-2-3-18(17-5)10(12)13/h2-3,10,21H,1H3,(H,16,19)(H,14,20,22)/b15-4+. The Balaban J connectivity index is 2.20. The van der Waals surface area contributed by atoms with Crippen LogP contribution in [0.4, 0.5) is 8.78 Å². The third-order valence-corrected chi connectivity index (χ3v) is 3.26. The van der Waals surface area contributed by atoms with Gasteiger partial charge in [-0.3, -0.25) is 19.4 Å². The van der Waals surface area contributed by atoms with Gasteiger partial charge in [-0.25, -0.2) is 10.1 Å². The second kappa shape index (κ2) is 6.48. The summed E-state index contributed by atoms with van der Waals surface area (Å²) < 4.78 is 25.0. The van der Waals surface area contributed by atoms with E-state index in [2.05, 4.69) is 10.2 Å². The highest BCUT2D eigenvalue weighted by molar-refractivity contribution is 7.11. The molecule has 0 saturated heterocycles. The summed E-state index contributed by atoms with van der Waals surface area (Å²) in [6, 6.07) is 1.06. The van der Waals surface area contributed by atoms with Gasteiger partial charge in [0.25, 0.3) is 11.5 Å². The fraction of sp³-hybridized carbons (Fsp3) is 0.182. The predicted molar refractivity (Wildman–Crippen MR) is 76.0 cm³/mol. The summed E-state index contributed by atoms with van der Waals surface area (Å²) in [5.41, 5.74) is 0.464. The van der Waals surface area contributed by atoms with E-state index in [0.29, 0.717) is 11.3 Å². The molecule has 0 aliphatic rings. The van der Waals surface area contributed by atoms with E-state index in [1.54, 1.807) is 0 Å². The quantitative estimate of drug-likeness (QED) is 0.540. The van der Waals surface area contributed by atoms with E-state index < -0.39 is 28.0 Å². The fourth-order valence-electron chi connectivity index (χ4n) is 1.55. The van der Waals surface area contributed by atoms with Crippen LogP contribution in [0.1, 0.15) is 29.5 Å². The molecule has 0 saturated carbocycles. The van der Waals surface area contributed by atoms with Gasteiger partial charge in [-0.05, 0) is 24.3 Å². The Kier molecular flexibility index (Phi) is 4.64. The zero-order valence-corrected chi connectivity index (χ0v) is 12.2. The third-order valence-electron chi connectivity index (χ3n) is 2.57. The molecule has 12 heteroatoms. The number of halogens is 2. The minimum absolute atomic E-state index is 0.0818. The smallest absolute Gasteiger partial charge is 0.333 e. The van der Waals surface area contributed by atoms with Crippen LogP contribution in [0.2, 0.25) is 0 Å². The number of hydrogen-bond acceptors (Lipinski definition) is 7. The van der Waals surface area contributed by atoms with Crippen molar-refractivity contribution in [1.82, 2.24) is 20.2 Å². The SMILES string of the molecule is C/C(=N\NC(=O)c1ccn(C(F)F)n1)c1c(O)sc(=O)[nH]c1=O. The van der Waals surface area contributed by atoms with E-state index in [1.807, 2.05) is 10.4 Å². The molecule has 3 N–H and O–H groups in total. The van der Waals surface area contributed by atoms with Crippen LogP contribution in [0.5, 0.6) is 5.06 Å². The van der Waals surface area contributed by atoms with E-state index in [9.17, 15) is 28.3 Å². The molecular weight excluding hydrogens is 336 g/mol. The summed E-state index contributed by atoms with van der Waals surface area (Å²) >= 11 is 0.390. The van der Waals surface area contributed by atoms with Crippen molar-refractivity contribution in [2.45, 2.75) is 13.5 Å². The van der Waals surface area contributed by atoms with Crippen molar-refractivity contribution in [2.75, 3.05) is 0 Å². The minimum atomic E-state index is -2.88. The highest BCUT2D eigenvalue weighted by atomic mass is 32.1. The Morgan fingerprint density at radius 1 is 1.52 bits per heavy atom. The number of carbonyl (C=O) groups is 1. The monoisotopic (exact) mass is 345 g/mol. The number of amides is 1. The molecule has 0 unspecified atom stereocenters. The van der Waals surface area contributed by atoms with Crippen molar-refractivity contribution in [3.05, 3.63) is 43.5 Å². The van der Waals surface area contributed by atoms with E-state index in [4.69, 9.17) is 0 Å². The van der Waals surface area contributed by atoms with E-state index in [0.717, 1.165) is 12.3 Å². The lowest BCUT2D eigenvalue weighted by atomic mass is 10.2. The minimum Gasteiger partial charge on any atom is -0.499 e. The van der Waals surface area contributed by atoms with Crippen molar-refractivity contribution >= 4 is 23.0 Å². The summed E-state index contributed by atoms with van der Waals surface area (Å²) in [5.74, 6) is -0.885. The van der Waals surface area contributed by atoms with Crippen LogP contribution in [0.3, 0.4) is 0 Å². The summed E-state index contributed by atoms with van der Waals surface area (Å²) in [4.78, 5) is 35.5. The lowest BCUT2D eigenvalue weighted by molar-refractivity contribution is 0.0560. The Morgan fingerprint density at radius 2 is 2.22 bits per heavy atom. The molecule has 0 spiro atoms. The van der Waals surface area contributed by atoms with Gasteiger partial charge < -0.3 is 5.11 Å². The number of rotatable bonds is 4. The molecule has 23 heavy (non-hydrogen) atoms. The first-order valence-corrected chi connectivity index (χ1v) is 6.76. The van der Waals surface area contributed by atoms with Gasteiger partial charge in [0.15, 0.2) is 10.8 Å². The van der Waals surface area contributed by atoms with Gasteiger partial charge in [0.05, 0.1) is 5.71 Å². The summed E-state index contributed by atoms with van der Waals surface area (Å²) in [6.45, 7) is -1.58. The van der Waals surface area contributed by atoms with Gasteiger partial charge in [0, 0.05) is 6.20 Å². The number of aromatic amines is 1. The zero-order chi connectivity index (χ0) is 17.1. The average molecular weight is 345 g/mol. The van der Waals surface area contributed by atoms with Gasteiger partial charge >= 0.3 is 11.4 Å². The van der Waals surface area contributed by atoms with Crippen molar-refractivity contribution < 1.29 is 18.7 Å². The van der Waals surface area contributed by atoms with Gasteiger partial charge in [0.1, 0.15) is 5.56 Å². The Bertz CT molecular complexity index is 885. The number of hydrazone groups is 1. The van der Waals surface area contributed by atoms with Crippen molar-refractivity contribution in [1.29, 1.82) is 0 Å². The number of alkyl halides is 2. The Morgan fingerprint density at radius 3 is 2.78 bits per heavy atom. The largest absolute Gasteiger partial charge is 0.499 e. The van der Waals surface area contributed by atoms with Crippen molar-refractivity contribution in [3.63, 3.8) is 0 Å². The van der Waals surface area contributed by atoms with Gasteiger partial charge in [0.2, 0.25) is 0 Å². The second-order valence-electron chi connectivity index (χ2n) is 4.12. The Hall–Kier alpha value is -2.89. The molecule has 1 amide bonds. The van der Waals surface area contributed by atoms with Crippen molar-refractivity contribution in [2.24, 2.45) is 5.10 Å². The molecule has 0 radical (unpaired) electrons. The molecular formula is C11H9F2N5O4S. The number of nitrogens with one attached hydrogen (secondary N) is 2. The molecule has 0 aliphatic carbocycles. The number of carbonyl (C=O) groups excluding carboxylic acids is 1. The molecule has 0 aliphatic heterocycles. The number of hydrogen-bond donors (Lipinski definition) is 3. The summed E-state index contributed by atoms with van der Waals surface area (Å²) in [7, 11) is 0. The molecule has 9 nitrogen and oxygen atoms in total. The van der Waals surface area contributed by atoms with Gasteiger partial charge in [-0.2, -0.15) is 19.0 Å². The second-order valence-corrected chi connectivity index (χ2v) is 5.08. The highest BCUT2D eigenvalue weighted by Crippen LogP contribution is 2.15. The average Bonchev–Trinajstić information content (AvgIpc) is 2.93. The molecule has 0 fully saturated rings. The van der Waals surface area contributed by atoms with Crippen molar-refractivity contribution in [3.8, 4) is 5.06 Å². The highest BCUT2D eigenvalue weighted by Gasteiger charge is 2.15. The first-order valence-electron chi connectivity index (χ1n) is 5.94. The normalized spacial score (nSPS) is 11.7. The topological polar surface area (TPSA) is 129 Å². The maximum Gasteiger partial charge on any atom is 0.333 e. The maximum absolute atomic E-state index is 12.4. The molecule has 2 aromatic heterocycles. The summed E-state index contributed by atoms with van der Waals surface area (Å²) in [6.07, 6.45) is 0.918. The Labute approximate surface area is 129 Å².